The highest BCUT2D eigenvalue weighted by atomic mass is 32.2. The predicted molar refractivity (Wildman–Crippen MR) is 76.2 cm³/mol. The van der Waals surface area contributed by atoms with Crippen molar-refractivity contribution in [2.45, 2.75) is 37.9 Å². The number of thioether (sulfide) groups is 1. The molecule has 4 heteroatoms. The van der Waals surface area contributed by atoms with E-state index in [0.717, 1.165) is 17.1 Å². The summed E-state index contributed by atoms with van der Waals surface area (Å²) in [6.07, 6.45) is 1.10. The molecule has 0 atom stereocenters. The summed E-state index contributed by atoms with van der Waals surface area (Å²) in [5.74, 6) is 0.848. The van der Waals surface area contributed by atoms with Gasteiger partial charge in [0.25, 0.3) is 0 Å². The lowest BCUT2D eigenvalue weighted by atomic mass is 10.2. The molecular formula is C13H20O2SSi. The second kappa shape index (κ2) is 6.26. The Morgan fingerprint density at radius 2 is 1.94 bits per heavy atom. The molecule has 0 aliphatic rings. The van der Waals surface area contributed by atoms with Crippen LogP contribution in [0.1, 0.15) is 23.7 Å². The lowest BCUT2D eigenvalue weighted by molar-refractivity contribution is 0.0721. The van der Waals surface area contributed by atoms with Crippen LogP contribution in [0.5, 0.6) is 0 Å². The molecule has 0 heterocycles. The third-order valence-electron chi connectivity index (χ3n) is 1.97. The Morgan fingerprint density at radius 3 is 2.53 bits per heavy atom. The van der Waals surface area contributed by atoms with Crippen molar-refractivity contribution < 1.29 is 9.22 Å². The molecule has 0 aliphatic heterocycles. The number of carbonyl (C=O) groups excluding carboxylic acids is 1. The fourth-order valence-electron chi connectivity index (χ4n) is 1.31. The average Bonchev–Trinajstić information content (AvgIpc) is 2.24. The Morgan fingerprint density at radius 1 is 1.29 bits per heavy atom. The van der Waals surface area contributed by atoms with E-state index in [9.17, 15) is 4.79 Å². The normalized spacial score (nSPS) is 11.3. The zero-order chi connectivity index (χ0) is 12.9. The molecule has 0 fully saturated rings. The Hall–Kier alpha value is -0.743. The number of hydrogen-bond acceptors (Lipinski definition) is 3. The predicted octanol–water partition coefficient (Wildman–Crippen LogP) is 4.18. The molecule has 0 radical (unpaired) electrons. The highest BCUT2D eigenvalue weighted by Gasteiger charge is 2.22. The van der Waals surface area contributed by atoms with Gasteiger partial charge in [-0.2, -0.15) is 0 Å². The first-order chi connectivity index (χ1) is 7.94. The molecule has 1 rings (SSSR count). The molecule has 1 aromatic carbocycles. The van der Waals surface area contributed by atoms with E-state index in [4.69, 9.17) is 4.43 Å². The van der Waals surface area contributed by atoms with Gasteiger partial charge in [0.05, 0.1) is 5.56 Å². The summed E-state index contributed by atoms with van der Waals surface area (Å²) < 4.78 is 5.53. The molecule has 94 valence electrons. The Balaban J connectivity index is 2.85. The Labute approximate surface area is 109 Å². The van der Waals surface area contributed by atoms with Gasteiger partial charge in [0, 0.05) is 4.90 Å². The zero-order valence-electron chi connectivity index (χ0n) is 10.9. The van der Waals surface area contributed by atoms with Crippen LogP contribution in [0.25, 0.3) is 0 Å². The van der Waals surface area contributed by atoms with Gasteiger partial charge in [-0.1, -0.05) is 19.1 Å². The first kappa shape index (κ1) is 14.3. The lowest BCUT2D eigenvalue weighted by Gasteiger charge is -2.18. The van der Waals surface area contributed by atoms with Gasteiger partial charge in [-0.05, 0) is 43.9 Å². The molecule has 0 bridgehead atoms. The third-order valence-corrected chi connectivity index (χ3v) is 4.04. The van der Waals surface area contributed by atoms with E-state index < -0.39 is 8.32 Å². The van der Waals surface area contributed by atoms with Gasteiger partial charge in [-0.3, -0.25) is 0 Å². The van der Waals surface area contributed by atoms with Crippen LogP contribution in [0.15, 0.2) is 29.2 Å². The minimum absolute atomic E-state index is 0.177. The molecule has 0 unspecified atom stereocenters. The van der Waals surface area contributed by atoms with Crippen molar-refractivity contribution in [1.29, 1.82) is 0 Å². The van der Waals surface area contributed by atoms with Gasteiger partial charge in [-0.15, -0.1) is 11.8 Å². The molecule has 17 heavy (non-hydrogen) atoms. The molecule has 0 amide bonds. The van der Waals surface area contributed by atoms with Gasteiger partial charge >= 0.3 is 5.97 Å². The first-order valence-corrected chi connectivity index (χ1v) is 10.3. The third kappa shape index (κ3) is 4.96. The summed E-state index contributed by atoms with van der Waals surface area (Å²) in [5, 5.41) is 0. The van der Waals surface area contributed by atoms with Gasteiger partial charge in [0.1, 0.15) is 0 Å². The van der Waals surface area contributed by atoms with Crippen molar-refractivity contribution in [3.05, 3.63) is 29.8 Å². The van der Waals surface area contributed by atoms with Gasteiger partial charge in [0.15, 0.2) is 0 Å². The maximum atomic E-state index is 12.0. The van der Waals surface area contributed by atoms with Crippen molar-refractivity contribution >= 4 is 26.0 Å². The molecule has 0 saturated carbocycles. The highest BCUT2D eigenvalue weighted by molar-refractivity contribution is 7.99. The smallest absolute Gasteiger partial charge is 0.325 e. The average molecular weight is 268 g/mol. The van der Waals surface area contributed by atoms with Crippen LogP contribution in [0.4, 0.5) is 0 Å². The molecule has 0 spiro atoms. The van der Waals surface area contributed by atoms with E-state index in [1.165, 1.54) is 0 Å². The summed E-state index contributed by atoms with van der Waals surface area (Å²) in [7, 11) is -1.82. The van der Waals surface area contributed by atoms with E-state index in [0.29, 0.717) is 5.56 Å². The summed E-state index contributed by atoms with van der Waals surface area (Å²) in [6.45, 7) is 8.20. The number of rotatable bonds is 5. The Kier molecular flexibility index (Phi) is 5.27. The van der Waals surface area contributed by atoms with Crippen LogP contribution in [-0.2, 0) is 4.43 Å². The van der Waals surface area contributed by atoms with Crippen molar-refractivity contribution in [1.82, 2.24) is 0 Å². The SMILES string of the molecule is CCCSc1ccccc1C(=O)O[Si](C)(C)C. The second-order valence-corrected chi connectivity index (χ2v) is 10.4. The standard InChI is InChI=1S/C13H20O2SSi/c1-5-10-16-12-9-7-6-8-11(12)13(14)15-17(2,3)4/h6-9H,5,10H2,1-4H3. The van der Waals surface area contributed by atoms with E-state index in [-0.39, 0.29) is 5.97 Å². The molecule has 0 aromatic heterocycles. The summed E-state index contributed by atoms with van der Waals surface area (Å²) in [5.41, 5.74) is 0.702. The van der Waals surface area contributed by atoms with E-state index in [2.05, 4.69) is 6.92 Å². The summed E-state index contributed by atoms with van der Waals surface area (Å²) in [4.78, 5) is 13.1. The molecule has 0 saturated heterocycles. The van der Waals surface area contributed by atoms with Crippen molar-refractivity contribution in [2.24, 2.45) is 0 Å². The lowest BCUT2D eigenvalue weighted by Crippen LogP contribution is -2.29. The van der Waals surface area contributed by atoms with E-state index >= 15 is 0 Å². The van der Waals surface area contributed by atoms with Crippen LogP contribution in [0, 0.1) is 0 Å². The van der Waals surface area contributed by atoms with Crippen LogP contribution in [-0.4, -0.2) is 20.0 Å². The zero-order valence-corrected chi connectivity index (χ0v) is 12.8. The number of hydrogen-bond donors (Lipinski definition) is 0. The number of carbonyl (C=O) groups is 1. The molecule has 2 nitrogen and oxygen atoms in total. The fraction of sp³-hybridized carbons (Fsp3) is 0.462. The molecule has 0 aliphatic carbocycles. The minimum atomic E-state index is -1.82. The topological polar surface area (TPSA) is 26.3 Å². The first-order valence-electron chi connectivity index (χ1n) is 5.89. The maximum absolute atomic E-state index is 12.0. The van der Waals surface area contributed by atoms with Crippen LogP contribution >= 0.6 is 11.8 Å². The van der Waals surface area contributed by atoms with Crippen LogP contribution in [0.2, 0.25) is 19.6 Å². The monoisotopic (exact) mass is 268 g/mol. The van der Waals surface area contributed by atoms with Gasteiger partial charge in [0.2, 0.25) is 8.32 Å². The van der Waals surface area contributed by atoms with Gasteiger partial charge in [-0.25, -0.2) is 4.79 Å². The van der Waals surface area contributed by atoms with Crippen LogP contribution in [0.3, 0.4) is 0 Å². The van der Waals surface area contributed by atoms with Crippen molar-refractivity contribution in [2.75, 3.05) is 5.75 Å². The maximum Gasteiger partial charge on any atom is 0.325 e. The molecule has 1 aromatic rings. The van der Waals surface area contributed by atoms with Crippen molar-refractivity contribution in [3.8, 4) is 0 Å². The molecular weight excluding hydrogens is 248 g/mol. The molecule has 0 N–H and O–H groups in total. The van der Waals surface area contributed by atoms with E-state index in [1.807, 2.05) is 43.9 Å². The minimum Gasteiger partial charge on any atom is -0.516 e. The number of benzene rings is 1. The highest BCUT2D eigenvalue weighted by Crippen LogP contribution is 2.24. The largest absolute Gasteiger partial charge is 0.516 e. The van der Waals surface area contributed by atoms with Crippen LogP contribution < -0.4 is 0 Å². The van der Waals surface area contributed by atoms with E-state index in [1.54, 1.807) is 11.8 Å². The van der Waals surface area contributed by atoms with Crippen molar-refractivity contribution in [3.63, 3.8) is 0 Å². The van der Waals surface area contributed by atoms with Gasteiger partial charge < -0.3 is 4.43 Å². The summed E-state index contributed by atoms with van der Waals surface area (Å²) in [6, 6.07) is 7.68. The fourth-order valence-corrected chi connectivity index (χ4v) is 2.88. The quantitative estimate of drug-likeness (QED) is 0.592. The Bertz CT molecular complexity index is 385. The summed E-state index contributed by atoms with van der Waals surface area (Å²) >= 11 is 1.72. The second-order valence-electron chi connectivity index (χ2n) is 4.85.